The number of esters is 1. The number of anilines is 2. The lowest BCUT2D eigenvalue weighted by molar-refractivity contribution is -0.116. The molecule has 0 aliphatic carbocycles. The molecular weight excluding hydrogens is 403 g/mol. The van der Waals surface area contributed by atoms with Gasteiger partial charge in [-0.2, -0.15) is 0 Å². The Morgan fingerprint density at radius 2 is 1.89 bits per heavy atom. The standard InChI is InChI=1S/C20H18Cl2N2O4/c1-10(28-20(27)15-8-14(21)9-16(22)18(15)23)19(26)13-3-4-17-12(7-13)5-6-24(17)11(2)25/h3-4,7-10H,5-6,23H2,1-2H3. The van der Waals surface area contributed by atoms with Crippen LogP contribution < -0.4 is 10.6 Å². The Morgan fingerprint density at radius 3 is 2.57 bits per heavy atom. The molecule has 8 heteroatoms. The largest absolute Gasteiger partial charge is 0.451 e. The summed E-state index contributed by atoms with van der Waals surface area (Å²) < 4.78 is 5.27. The molecule has 1 amide bonds. The molecule has 2 aromatic carbocycles. The van der Waals surface area contributed by atoms with Gasteiger partial charge in [-0.05, 0) is 49.2 Å². The second-order valence-corrected chi connectivity index (χ2v) is 7.37. The minimum absolute atomic E-state index is 0.00297. The number of rotatable bonds is 4. The lowest BCUT2D eigenvalue weighted by Crippen LogP contribution is -2.26. The number of nitrogens with two attached hydrogens (primary N) is 1. The molecule has 1 atom stereocenters. The molecule has 146 valence electrons. The van der Waals surface area contributed by atoms with Gasteiger partial charge in [0.25, 0.3) is 0 Å². The van der Waals surface area contributed by atoms with Crippen LogP contribution in [0.15, 0.2) is 30.3 Å². The molecule has 1 aliphatic rings. The van der Waals surface area contributed by atoms with Gasteiger partial charge in [-0.3, -0.25) is 9.59 Å². The fourth-order valence-corrected chi connectivity index (χ4v) is 3.64. The molecule has 0 bridgehead atoms. The number of nitrogens with zero attached hydrogens (tertiary/aromatic N) is 1. The number of nitrogen functional groups attached to an aromatic ring is 1. The van der Waals surface area contributed by atoms with Crippen molar-refractivity contribution in [2.45, 2.75) is 26.4 Å². The number of Topliss-reactive ketones (excluding diaryl/α,β-unsaturated/α-hetero) is 1. The maximum Gasteiger partial charge on any atom is 0.341 e. The van der Waals surface area contributed by atoms with Crippen LogP contribution in [0.25, 0.3) is 0 Å². The highest BCUT2D eigenvalue weighted by Crippen LogP contribution is 2.30. The molecule has 3 rings (SSSR count). The molecule has 1 aliphatic heterocycles. The molecule has 2 N–H and O–H groups in total. The van der Waals surface area contributed by atoms with Crippen molar-refractivity contribution in [3.63, 3.8) is 0 Å². The van der Waals surface area contributed by atoms with Crippen LogP contribution in [0.3, 0.4) is 0 Å². The first-order valence-corrected chi connectivity index (χ1v) is 9.35. The fourth-order valence-electron chi connectivity index (χ4n) is 3.15. The SMILES string of the molecule is CC(=O)N1CCc2cc(C(=O)C(C)OC(=O)c3cc(Cl)cc(Cl)c3N)ccc21. The molecule has 0 saturated heterocycles. The number of hydrogen-bond donors (Lipinski definition) is 1. The summed E-state index contributed by atoms with van der Waals surface area (Å²) in [6.07, 6.45) is -0.366. The molecule has 1 unspecified atom stereocenters. The quantitative estimate of drug-likeness (QED) is 0.459. The monoisotopic (exact) mass is 420 g/mol. The smallest absolute Gasteiger partial charge is 0.341 e. The molecule has 0 aromatic heterocycles. The molecule has 6 nitrogen and oxygen atoms in total. The Kier molecular flexibility index (Phi) is 5.63. The molecular formula is C20H18Cl2N2O4. The van der Waals surface area contributed by atoms with E-state index in [1.807, 2.05) is 0 Å². The third-order valence-electron chi connectivity index (χ3n) is 4.61. The van der Waals surface area contributed by atoms with Gasteiger partial charge >= 0.3 is 5.97 Å². The highest BCUT2D eigenvalue weighted by molar-refractivity contribution is 6.37. The van der Waals surface area contributed by atoms with E-state index in [2.05, 4.69) is 0 Å². The minimum atomic E-state index is -1.03. The predicted molar refractivity (Wildman–Crippen MR) is 108 cm³/mol. The van der Waals surface area contributed by atoms with E-state index in [0.29, 0.717) is 18.5 Å². The van der Waals surface area contributed by atoms with Crippen molar-refractivity contribution in [3.8, 4) is 0 Å². The Morgan fingerprint density at radius 1 is 1.18 bits per heavy atom. The lowest BCUT2D eigenvalue weighted by Gasteiger charge is -2.16. The number of ether oxygens (including phenoxy) is 1. The first-order valence-electron chi connectivity index (χ1n) is 8.59. The van der Waals surface area contributed by atoms with Crippen LogP contribution in [0.4, 0.5) is 11.4 Å². The predicted octanol–water partition coefficient (Wildman–Crippen LogP) is 3.91. The first kappa shape index (κ1) is 20.2. The van der Waals surface area contributed by atoms with Crippen molar-refractivity contribution >= 4 is 52.2 Å². The van der Waals surface area contributed by atoms with Crippen LogP contribution in [-0.4, -0.2) is 30.3 Å². The van der Waals surface area contributed by atoms with Crippen molar-refractivity contribution in [1.82, 2.24) is 0 Å². The Labute approximate surface area is 172 Å². The van der Waals surface area contributed by atoms with Crippen molar-refractivity contribution < 1.29 is 19.1 Å². The summed E-state index contributed by atoms with van der Waals surface area (Å²) in [6, 6.07) is 7.85. The summed E-state index contributed by atoms with van der Waals surface area (Å²) in [5, 5.41) is 0.367. The second kappa shape index (κ2) is 7.81. The van der Waals surface area contributed by atoms with Gasteiger partial charge in [0.15, 0.2) is 6.10 Å². The van der Waals surface area contributed by atoms with Crippen molar-refractivity contribution in [1.29, 1.82) is 0 Å². The van der Waals surface area contributed by atoms with Gasteiger partial charge < -0.3 is 15.4 Å². The molecule has 28 heavy (non-hydrogen) atoms. The van der Waals surface area contributed by atoms with Crippen LogP contribution in [-0.2, 0) is 16.0 Å². The van der Waals surface area contributed by atoms with E-state index >= 15 is 0 Å². The number of carbonyl (C=O) groups excluding carboxylic acids is 3. The number of halogens is 2. The maximum absolute atomic E-state index is 12.7. The summed E-state index contributed by atoms with van der Waals surface area (Å²) in [6.45, 7) is 3.57. The molecule has 0 saturated carbocycles. The van der Waals surface area contributed by atoms with Crippen molar-refractivity contribution in [2.24, 2.45) is 0 Å². The number of hydrogen-bond acceptors (Lipinski definition) is 5. The summed E-state index contributed by atoms with van der Waals surface area (Å²) in [5.41, 5.74) is 7.96. The van der Waals surface area contributed by atoms with Crippen LogP contribution in [0.1, 0.15) is 40.1 Å². The van der Waals surface area contributed by atoms with Gasteiger partial charge in [-0.15, -0.1) is 0 Å². The number of carbonyl (C=O) groups is 3. The fraction of sp³-hybridized carbons (Fsp3) is 0.250. The number of benzene rings is 2. The van der Waals surface area contributed by atoms with Crippen LogP contribution in [0.2, 0.25) is 10.0 Å². The average molecular weight is 421 g/mol. The van der Waals surface area contributed by atoms with E-state index in [1.165, 1.54) is 26.0 Å². The van der Waals surface area contributed by atoms with E-state index in [4.69, 9.17) is 33.7 Å². The molecule has 0 fully saturated rings. The van der Waals surface area contributed by atoms with Gasteiger partial charge in [-0.25, -0.2) is 4.79 Å². The Balaban J connectivity index is 1.77. The lowest BCUT2D eigenvalue weighted by atomic mass is 10.0. The van der Waals surface area contributed by atoms with E-state index in [-0.39, 0.29) is 33.0 Å². The van der Waals surface area contributed by atoms with E-state index < -0.39 is 12.1 Å². The highest BCUT2D eigenvalue weighted by Gasteiger charge is 2.26. The number of amides is 1. The number of fused-ring (bicyclic) bond motifs is 1. The van der Waals surface area contributed by atoms with E-state index in [1.54, 1.807) is 23.1 Å². The molecule has 1 heterocycles. The number of ketones is 1. The van der Waals surface area contributed by atoms with Gasteiger partial charge in [0.2, 0.25) is 11.7 Å². The van der Waals surface area contributed by atoms with E-state index in [0.717, 1.165) is 11.3 Å². The molecule has 0 radical (unpaired) electrons. The first-order chi connectivity index (χ1) is 13.2. The highest BCUT2D eigenvalue weighted by atomic mass is 35.5. The van der Waals surface area contributed by atoms with Gasteiger partial charge in [-0.1, -0.05) is 23.2 Å². The van der Waals surface area contributed by atoms with Crippen molar-refractivity contribution in [2.75, 3.05) is 17.2 Å². The summed E-state index contributed by atoms with van der Waals surface area (Å²) in [5.74, 6) is -1.19. The van der Waals surface area contributed by atoms with Gasteiger partial charge in [0.1, 0.15) is 0 Å². The van der Waals surface area contributed by atoms with Crippen LogP contribution in [0.5, 0.6) is 0 Å². The third-order valence-corrected chi connectivity index (χ3v) is 5.14. The van der Waals surface area contributed by atoms with Crippen LogP contribution >= 0.6 is 23.2 Å². The van der Waals surface area contributed by atoms with Crippen LogP contribution in [0, 0.1) is 0 Å². The second-order valence-electron chi connectivity index (χ2n) is 6.52. The zero-order valence-electron chi connectivity index (χ0n) is 15.3. The van der Waals surface area contributed by atoms with E-state index in [9.17, 15) is 14.4 Å². The molecule has 2 aromatic rings. The van der Waals surface area contributed by atoms with Gasteiger partial charge in [0, 0.05) is 29.7 Å². The van der Waals surface area contributed by atoms with Crippen molar-refractivity contribution in [3.05, 3.63) is 57.1 Å². The zero-order valence-corrected chi connectivity index (χ0v) is 16.8. The maximum atomic E-state index is 12.7. The third kappa shape index (κ3) is 3.84. The Bertz CT molecular complexity index is 990. The summed E-state index contributed by atoms with van der Waals surface area (Å²) in [4.78, 5) is 38.4. The zero-order chi connectivity index (χ0) is 20.6. The Hall–Kier alpha value is -2.57. The topological polar surface area (TPSA) is 89.7 Å². The molecule has 0 spiro atoms. The summed E-state index contributed by atoms with van der Waals surface area (Å²) in [7, 11) is 0. The van der Waals surface area contributed by atoms with Gasteiger partial charge in [0.05, 0.1) is 16.3 Å². The average Bonchev–Trinajstić information content (AvgIpc) is 3.07. The minimum Gasteiger partial charge on any atom is -0.451 e. The normalized spacial score (nSPS) is 13.8. The summed E-state index contributed by atoms with van der Waals surface area (Å²) >= 11 is 11.8.